The molecule has 100 valence electrons. The molecular weight excluding hydrogens is 236 g/mol. The van der Waals surface area contributed by atoms with Crippen molar-refractivity contribution in [1.82, 2.24) is 4.98 Å². The molecule has 0 amide bonds. The molecule has 1 aromatic heterocycles. The van der Waals surface area contributed by atoms with Crippen LogP contribution in [0, 0.1) is 6.92 Å². The largest absolute Gasteiger partial charge is 0.372 e. The second-order valence-corrected chi connectivity index (χ2v) is 5.48. The molecule has 2 heterocycles. The predicted molar refractivity (Wildman–Crippen MR) is 78.7 cm³/mol. The van der Waals surface area contributed by atoms with Crippen LogP contribution < -0.4 is 4.90 Å². The van der Waals surface area contributed by atoms with E-state index in [1.54, 1.807) is 0 Å². The van der Waals surface area contributed by atoms with E-state index >= 15 is 0 Å². The number of ether oxygens (including phenoxy) is 1. The SMILES string of the molecule is Cc1cc(N2C[C@@H](C)O[C@H](C)C2)nc2ccccc12. The van der Waals surface area contributed by atoms with Crippen LogP contribution in [0.15, 0.2) is 30.3 Å². The van der Waals surface area contributed by atoms with Crippen LogP contribution in [-0.4, -0.2) is 30.3 Å². The van der Waals surface area contributed by atoms with Gasteiger partial charge in [0.25, 0.3) is 0 Å². The fourth-order valence-corrected chi connectivity index (χ4v) is 2.86. The Morgan fingerprint density at radius 1 is 1.16 bits per heavy atom. The molecule has 0 N–H and O–H groups in total. The third-order valence-electron chi connectivity index (χ3n) is 3.65. The second-order valence-electron chi connectivity index (χ2n) is 5.48. The molecule has 1 aliphatic heterocycles. The average molecular weight is 256 g/mol. The summed E-state index contributed by atoms with van der Waals surface area (Å²) in [6.45, 7) is 8.22. The zero-order valence-electron chi connectivity index (χ0n) is 11.8. The summed E-state index contributed by atoms with van der Waals surface area (Å²) in [5.41, 5.74) is 2.36. The number of hydrogen-bond donors (Lipinski definition) is 0. The Kier molecular flexibility index (Phi) is 3.15. The summed E-state index contributed by atoms with van der Waals surface area (Å²) in [5.74, 6) is 1.07. The molecule has 19 heavy (non-hydrogen) atoms. The molecule has 3 rings (SSSR count). The minimum absolute atomic E-state index is 0.261. The van der Waals surface area contributed by atoms with Crippen LogP contribution in [0.3, 0.4) is 0 Å². The Labute approximate surface area is 114 Å². The van der Waals surface area contributed by atoms with Crippen LogP contribution in [0.5, 0.6) is 0 Å². The van der Waals surface area contributed by atoms with Gasteiger partial charge < -0.3 is 9.64 Å². The van der Waals surface area contributed by atoms with E-state index in [0.717, 1.165) is 24.4 Å². The summed E-state index contributed by atoms with van der Waals surface area (Å²) in [6, 6.07) is 10.5. The van der Waals surface area contributed by atoms with E-state index in [1.165, 1.54) is 10.9 Å². The maximum atomic E-state index is 5.79. The molecule has 0 saturated carbocycles. The first-order valence-electron chi connectivity index (χ1n) is 6.90. The van der Waals surface area contributed by atoms with E-state index in [1.807, 2.05) is 6.07 Å². The van der Waals surface area contributed by atoms with E-state index < -0.39 is 0 Å². The number of morpholine rings is 1. The van der Waals surface area contributed by atoms with Crippen LogP contribution in [-0.2, 0) is 4.74 Å². The molecule has 2 aromatic rings. The Balaban J connectivity index is 2.00. The fraction of sp³-hybridized carbons (Fsp3) is 0.438. The quantitative estimate of drug-likeness (QED) is 0.783. The van der Waals surface area contributed by atoms with Crippen molar-refractivity contribution in [3.05, 3.63) is 35.9 Å². The first kappa shape index (κ1) is 12.4. The molecule has 2 atom stereocenters. The minimum atomic E-state index is 0.261. The van der Waals surface area contributed by atoms with Crippen molar-refractivity contribution < 1.29 is 4.74 Å². The number of fused-ring (bicyclic) bond motifs is 1. The maximum Gasteiger partial charge on any atom is 0.129 e. The second kappa shape index (κ2) is 4.82. The molecule has 1 aromatic carbocycles. The average Bonchev–Trinajstić information content (AvgIpc) is 2.37. The van der Waals surface area contributed by atoms with Gasteiger partial charge in [-0.25, -0.2) is 4.98 Å². The molecule has 1 fully saturated rings. The maximum absolute atomic E-state index is 5.79. The van der Waals surface area contributed by atoms with Crippen LogP contribution in [0.1, 0.15) is 19.4 Å². The molecule has 0 aliphatic carbocycles. The summed E-state index contributed by atoms with van der Waals surface area (Å²) >= 11 is 0. The number of benzene rings is 1. The van der Waals surface area contributed by atoms with Crippen molar-refractivity contribution in [2.45, 2.75) is 33.0 Å². The van der Waals surface area contributed by atoms with Gasteiger partial charge in [-0.05, 0) is 38.5 Å². The van der Waals surface area contributed by atoms with Gasteiger partial charge in [-0.15, -0.1) is 0 Å². The van der Waals surface area contributed by atoms with Gasteiger partial charge >= 0.3 is 0 Å². The number of rotatable bonds is 1. The van der Waals surface area contributed by atoms with Crippen LogP contribution in [0.2, 0.25) is 0 Å². The van der Waals surface area contributed by atoms with Crippen molar-refractivity contribution in [3.63, 3.8) is 0 Å². The summed E-state index contributed by atoms with van der Waals surface area (Å²) in [5, 5.41) is 1.24. The first-order valence-corrected chi connectivity index (χ1v) is 6.90. The Hall–Kier alpha value is -1.61. The molecule has 3 heteroatoms. The Bertz CT molecular complexity index is 586. The molecule has 1 aliphatic rings. The number of nitrogens with zero attached hydrogens (tertiary/aromatic N) is 2. The highest BCUT2D eigenvalue weighted by Gasteiger charge is 2.23. The van der Waals surface area contributed by atoms with Gasteiger partial charge in [0, 0.05) is 18.5 Å². The standard InChI is InChI=1S/C16H20N2O/c1-11-8-16(17-15-7-5-4-6-14(11)15)18-9-12(2)19-13(3)10-18/h4-8,12-13H,9-10H2,1-3H3/t12-,13-/m1/s1. The van der Waals surface area contributed by atoms with Gasteiger partial charge in [0.1, 0.15) is 5.82 Å². The summed E-state index contributed by atoms with van der Waals surface area (Å²) in [4.78, 5) is 7.13. The smallest absolute Gasteiger partial charge is 0.129 e. The lowest BCUT2D eigenvalue weighted by molar-refractivity contribution is -0.00544. The van der Waals surface area contributed by atoms with Gasteiger partial charge in [-0.2, -0.15) is 0 Å². The van der Waals surface area contributed by atoms with Crippen molar-refractivity contribution in [2.75, 3.05) is 18.0 Å². The van der Waals surface area contributed by atoms with E-state index in [-0.39, 0.29) is 12.2 Å². The molecule has 0 bridgehead atoms. The van der Waals surface area contributed by atoms with Gasteiger partial charge in [0.15, 0.2) is 0 Å². The van der Waals surface area contributed by atoms with E-state index in [0.29, 0.717) is 0 Å². The predicted octanol–water partition coefficient (Wildman–Crippen LogP) is 3.16. The third-order valence-corrected chi connectivity index (χ3v) is 3.65. The Morgan fingerprint density at radius 2 is 1.84 bits per heavy atom. The molecule has 1 saturated heterocycles. The highest BCUT2D eigenvalue weighted by Crippen LogP contribution is 2.24. The number of hydrogen-bond acceptors (Lipinski definition) is 3. The van der Waals surface area contributed by atoms with Crippen LogP contribution >= 0.6 is 0 Å². The number of pyridine rings is 1. The Morgan fingerprint density at radius 3 is 2.58 bits per heavy atom. The number of para-hydroxylation sites is 1. The number of aromatic nitrogens is 1. The topological polar surface area (TPSA) is 25.4 Å². The van der Waals surface area contributed by atoms with E-state index in [2.05, 4.69) is 49.9 Å². The van der Waals surface area contributed by atoms with Crippen LogP contribution in [0.25, 0.3) is 10.9 Å². The van der Waals surface area contributed by atoms with E-state index in [4.69, 9.17) is 9.72 Å². The number of aryl methyl sites for hydroxylation is 1. The fourth-order valence-electron chi connectivity index (χ4n) is 2.86. The zero-order chi connectivity index (χ0) is 13.4. The zero-order valence-corrected chi connectivity index (χ0v) is 11.8. The lowest BCUT2D eigenvalue weighted by Crippen LogP contribution is -2.45. The summed E-state index contributed by atoms with van der Waals surface area (Å²) in [6.07, 6.45) is 0.523. The first-order chi connectivity index (χ1) is 9.13. The van der Waals surface area contributed by atoms with Crippen molar-refractivity contribution >= 4 is 16.7 Å². The highest BCUT2D eigenvalue weighted by atomic mass is 16.5. The van der Waals surface area contributed by atoms with Gasteiger partial charge in [-0.3, -0.25) is 0 Å². The number of anilines is 1. The molecule has 0 spiro atoms. The van der Waals surface area contributed by atoms with Gasteiger partial charge in [0.2, 0.25) is 0 Å². The molecule has 3 nitrogen and oxygen atoms in total. The normalized spacial score (nSPS) is 23.8. The van der Waals surface area contributed by atoms with Gasteiger partial charge in [0.05, 0.1) is 17.7 Å². The monoisotopic (exact) mass is 256 g/mol. The minimum Gasteiger partial charge on any atom is -0.372 e. The van der Waals surface area contributed by atoms with Crippen molar-refractivity contribution in [3.8, 4) is 0 Å². The lowest BCUT2D eigenvalue weighted by Gasteiger charge is -2.36. The molecule has 0 radical (unpaired) electrons. The van der Waals surface area contributed by atoms with Crippen molar-refractivity contribution in [2.24, 2.45) is 0 Å². The summed E-state index contributed by atoms with van der Waals surface area (Å²) < 4.78 is 5.79. The summed E-state index contributed by atoms with van der Waals surface area (Å²) in [7, 11) is 0. The van der Waals surface area contributed by atoms with Crippen molar-refractivity contribution in [1.29, 1.82) is 0 Å². The van der Waals surface area contributed by atoms with Gasteiger partial charge in [-0.1, -0.05) is 18.2 Å². The highest BCUT2D eigenvalue weighted by molar-refractivity contribution is 5.83. The van der Waals surface area contributed by atoms with Crippen LogP contribution in [0.4, 0.5) is 5.82 Å². The third kappa shape index (κ3) is 2.43. The molecule has 0 unspecified atom stereocenters. The lowest BCUT2D eigenvalue weighted by atomic mass is 10.1. The molecular formula is C16H20N2O. The van der Waals surface area contributed by atoms with E-state index in [9.17, 15) is 0 Å².